The second-order valence-electron chi connectivity index (χ2n) is 7.67. The summed E-state index contributed by atoms with van der Waals surface area (Å²) in [6, 6.07) is 12.1. The summed E-state index contributed by atoms with van der Waals surface area (Å²) in [6.07, 6.45) is 0.906. The number of halogens is 2. The molecule has 0 unspecified atom stereocenters. The van der Waals surface area contributed by atoms with Gasteiger partial charge in [-0.15, -0.1) is 12.4 Å². The molecule has 1 saturated heterocycles. The van der Waals surface area contributed by atoms with Crippen LogP contribution in [0.3, 0.4) is 0 Å². The molecule has 0 saturated carbocycles. The Bertz CT molecular complexity index is 1050. The number of rotatable bonds is 6. The number of morpholine rings is 1. The third kappa shape index (κ3) is 5.76. The van der Waals surface area contributed by atoms with Crippen molar-refractivity contribution in [1.29, 1.82) is 0 Å². The number of hydrogen-bond donors (Lipinski definition) is 0. The van der Waals surface area contributed by atoms with Gasteiger partial charge in [-0.1, -0.05) is 29.5 Å². The molecule has 0 N–H and O–H groups in total. The zero-order valence-electron chi connectivity index (χ0n) is 17.8. The molecule has 0 radical (unpaired) electrons. The maximum absolute atomic E-state index is 13.5. The minimum atomic E-state index is 0. The van der Waals surface area contributed by atoms with E-state index in [9.17, 15) is 4.79 Å². The Labute approximate surface area is 207 Å². The van der Waals surface area contributed by atoms with Gasteiger partial charge >= 0.3 is 0 Å². The Morgan fingerprint density at radius 2 is 1.97 bits per heavy atom. The molecular formula is C23H27ClIN3O2S. The quantitative estimate of drug-likeness (QED) is 0.376. The lowest BCUT2D eigenvalue weighted by atomic mass is 10.1. The number of thiazole rings is 1. The van der Waals surface area contributed by atoms with Gasteiger partial charge in [0.05, 0.1) is 29.0 Å². The van der Waals surface area contributed by atoms with E-state index in [2.05, 4.69) is 53.5 Å². The number of benzene rings is 2. The fourth-order valence-electron chi connectivity index (χ4n) is 3.82. The maximum atomic E-state index is 13.5. The molecule has 1 aromatic heterocycles. The molecule has 1 aliphatic heterocycles. The van der Waals surface area contributed by atoms with Gasteiger partial charge in [0.15, 0.2) is 5.13 Å². The van der Waals surface area contributed by atoms with E-state index in [0.717, 1.165) is 69.3 Å². The van der Waals surface area contributed by atoms with Crippen LogP contribution in [0.5, 0.6) is 0 Å². The van der Waals surface area contributed by atoms with Gasteiger partial charge in [-0.05, 0) is 72.2 Å². The molecule has 2 heterocycles. The zero-order chi connectivity index (χ0) is 21.1. The molecule has 5 nitrogen and oxygen atoms in total. The Balaban J connectivity index is 0.00000272. The Morgan fingerprint density at radius 3 is 2.71 bits per heavy atom. The number of amides is 1. The van der Waals surface area contributed by atoms with Crippen LogP contribution in [0.15, 0.2) is 36.4 Å². The molecule has 2 aromatic carbocycles. The molecule has 3 aromatic rings. The fraction of sp³-hybridized carbons (Fsp3) is 0.391. The number of aryl methyl sites for hydroxylation is 2. The zero-order valence-corrected chi connectivity index (χ0v) is 21.6. The van der Waals surface area contributed by atoms with Crippen molar-refractivity contribution < 1.29 is 9.53 Å². The van der Waals surface area contributed by atoms with Gasteiger partial charge in [-0.3, -0.25) is 14.6 Å². The number of hydrogen-bond acceptors (Lipinski definition) is 5. The highest BCUT2D eigenvalue weighted by atomic mass is 127. The summed E-state index contributed by atoms with van der Waals surface area (Å²) < 4.78 is 7.54. The monoisotopic (exact) mass is 571 g/mol. The highest BCUT2D eigenvalue weighted by molar-refractivity contribution is 14.1. The van der Waals surface area contributed by atoms with Crippen molar-refractivity contribution in [3.8, 4) is 0 Å². The molecule has 1 aliphatic rings. The summed E-state index contributed by atoms with van der Waals surface area (Å²) in [5.74, 6) is 0.0235. The number of nitrogens with zero attached hydrogens (tertiary/aromatic N) is 3. The van der Waals surface area contributed by atoms with Gasteiger partial charge in [0, 0.05) is 29.7 Å². The third-order valence-corrected chi connectivity index (χ3v) is 7.32. The van der Waals surface area contributed by atoms with E-state index in [1.807, 2.05) is 29.2 Å². The molecule has 0 aliphatic carbocycles. The van der Waals surface area contributed by atoms with Crippen molar-refractivity contribution in [3.63, 3.8) is 0 Å². The first-order valence-electron chi connectivity index (χ1n) is 10.3. The predicted octanol–water partition coefficient (Wildman–Crippen LogP) is 5.31. The summed E-state index contributed by atoms with van der Waals surface area (Å²) in [7, 11) is 0. The number of aromatic nitrogens is 1. The van der Waals surface area contributed by atoms with E-state index >= 15 is 0 Å². The average Bonchev–Trinajstić information content (AvgIpc) is 3.16. The molecule has 1 amide bonds. The van der Waals surface area contributed by atoms with E-state index < -0.39 is 0 Å². The standard InChI is InChI=1S/C23H26IN3O2S.ClH/c1-16-14-17(2)21-20(15-16)30-23(25-21)27(9-5-8-26-10-12-29-13-11-26)22(28)18-6-3-4-7-19(18)24;/h3-4,6-7,14-15H,5,8-13H2,1-2H3;1H. The van der Waals surface area contributed by atoms with Crippen molar-refractivity contribution >= 4 is 67.6 Å². The van der Waals surface area contributed by atoms with Crippen molar-refractivity contribution in [1.82, 2.24) is 9.88 Å². The Morgan fingerprint density at radius 1 is 1.23 bits per heavy atom. The average molecular weight is 572 g/mol. The van der Waals surface area contributed by atoms with Crippen LogP contribution in [-0.4, -0.2) is 55.2 Å². The van der Waals surface area contributed by atoms with E-state index in [1.54, 1.807) is 11.3 Å². The number of fused-ring (bicyclic) bond motifs is 1. The van der Waals surface area contributed by atoms with Crippen molar-refractivity contribution in [2.75, 3.05) is 44.3 Å². The van der Waals surface area contributed by atoms with E-state index in [1.165, 1.54) is 5.56 Å². The van der Waals surface area contributed by atoms with E-state index in [-0.39, 0.29) is 18.3 Å². The molecule has 166 valence electrons. The molecule has 0 atom stereocenters. The summed E-state index contributed by atoms with van der Waals surface area (Å²) in [5.41, 5.74) is 4.10. The lowest BCUT2D eigenvalue weighted by Gasteiger charge is -2.27. The van der Waals surface area contributed by atoms with Crippen LogP contribution >= 0.6 is 46.3 Å². The van der Waals surface area contributed by atoms with E-state index in [0.29, 0.717) is 6.54 Å². The van der Waals surface area contributed by atoms with E-state index in [4.69, 9.17) is 9.72 Å². The largest absolute Gasteiger partial charge is 0.379 e. The number of carbonyl (C=O) groups is 1. The highest BCUT2D eigenvalue weighted by Gasteiger charge is 2.23. The van der Waals surface area contributed by atoms with Gasteiger partial charge in [0.1, 0.15) is 0 Å². The maximum Gasteiger partial charge on any atom is 0.261 e. The van der Waals surface area contributed by atoms with Gasteiger partial charge in [-0.25, -0.2) is 4.98 Å². The summed E-state index contributed by atoms with van der Waals surface area (Å²) >= 11 is 3.85. The first kappa shape index (κ1) is 24.4. The molecule has 0 bridgehead atoms. The number of ether oxygens (including phenoxy) is 1. The molecule has 4 rings (SSSR count). The first-order valence-corrected chi connectivity index (χ1v) is 12.2. The first-order chi connectivity index (χ1) is 14.5. The SMILES string of the molecule is Cc1cc(C)c2nc(N(CCCN3CCOCC3)C(=O)c3ccccc3I)sc2c1.Cl. The second kappa shape index (κ2) is 11.0. The van der Waals surface area contributed by atoms with Crippen LogP contribution in [-0.2, 0) is 4.74 Å². The number of anilines is 1. The van der Waals surface area contributed by atoms with Gasteiger partial charge < -0.3 is 4.74 Å². The summed E-state index contributed by atoms with van der Waals surface area (Å²) in [4.78, 5) is 22.7. The van der Waals surface area contributed by atoms with Crippen LogP contribution in [0.1, 0.15) is 27.9 Å². The second-order valence-corrected chi connectivity index (χ2v) is 9.84. The van der Waals surface area contributed by atoms with Crippen LogP contribution in [0.4, 0.5) is 5.13 Å². The van der Waals surface area contributed by atoms with Crippen molar-refractivity contribution in [2.45, 2.75) is 20.3 Å². The number of carbonyl (C=O) groups excluding carboxylic acids is 1. The normalized spacial score (nSPS) is 14.4. The smallest absolute Gasteiger partial charge is 0.261 e. The molecular weight excluding hydrogens is 545 g/mol. The molecule has 31 heavy (non-hydrogen) atoms. The lowest BCUT2D eigenvalue weighted by molar-refractivity contribution is 0.0376. The van der Waals surface area contributed by atoms with Crippen LogP contribution in [0.2, 0.25) is 0 Å². The summed E-state index contributed by atoms with van der Waals surface area (Å²) in [6.45, 7) is 9.31. The fourth-order valence-corrected chi connectivity index (χ4v) is 5.60. The Kier molecular flexibility index (Phi) is 8.69. The summed E-state index contributed by atoms with van der Waals surface area (Å²) in [5, 5.41) is 0.783. The minimum absolute atomic E-state index is 0. The highest BCUT2D eigenvalue weighted by Crippen LogP contribution is 2.33. The third-order valence-electron chi connectivity index (χ3n) is 5.36. The van der Waals surface area contributed by atoms with Crippen molar-refractivity contribution in [2.24, 2.45) is 0 Å². The topological polar surface area (TPSA) is 45.7 Å². The minimum Gasteiger partial charge on any atom is -0.379 e. The molecule has 0 spiro atoms. The van der Waals surface area contributed by atoms with Gasteiger partial charge in [0.25, 0.3) is 5.91 Å². The Hall–Kier alpha value is -1.26. The van der Waals surface area contributed by atoms with Gasteiger partial charge in [0.2, 0.25) is 0 Å². The molecule has 1 fully saturated rings. The van der Waals surface area contributed by atoms with Gasteiger partial charge in [-0.2, -0.15) is 0 Å². The lowest BCUT2D eigenvalue weighted by Crippen LogP contribution is -2.39. The predicted molar refractivity (Wildman–Crippen MR) is 139 cm³/mol. The van der Waals surface area contributed by atoms with Crippen molar-refractivity contribution in [3.05, 3.63) is 56.7 Å². The van der Waals surface area contributed by atoms with Crippen LogP contribution in [0.25, 0.3) is 10.2 Å². The van der Waals surface area contributed by atoms with Crippen LogP contribution < -0.4 is 4.90 Å². The molecule has 8 heteroatoms. The van der Waals surface area contributed by atoms with Crippen LogP contribution in [0, 0.1) is 17.4 Å².